The molecule has 1 N–H and O–H groups in total. The van der Waals surface area contributed by atoms with Crippen molar-refractivity contribution >= 4 is 22.5 Å². The maximum atomic E-state index is 12.6. The van der Waals surface area contributed by atoms with Crippen molar-refractivity contribution in [2.45, 2.75) is 57.7 Å². The van der Waals surface area contributed by atoms with Gasteiger partial charge in [0, 0.05) is 16.9 Å². The van der Waals surface area contributed by atoms with Gasteiger partial charge in [-0.15, -0.1) is 4.72 Å². The molecule has 3 aromatic rings. The van der Waals surface area contributed by atoms with Crippen LogP contribution < -0.4 is 4.72 Å². The van der Waals surface area contributed by atoms with Crippen LogP contribution in [0.2, 0.25) is 0 Å². The lowest BCUT2D eigenvalue weighted by atomic mass is 10.0. The Bertz CT molecular complexity index is 835. The average molecular weight is 385 g/mol. The van der Waals surface area contributed by atoms with E-state index >= 15 is 0 Å². The van der Waals surface area contributed by atoms with Crippen molar-refractivity contribution in [3.63, 3.8) is 0 Å². The van der Waals surface area contributed by atoms with E-state index in [1.165, 1.54) is 0 Å². The van der Waals surface area contributed by atoms with Crippen molar-refractivity contribution in [1.29, 1.82) is 0 Å². The zero-order valence-corrected chi connectivity index (χ0v) is 17.3. The number of fused-ring (bicyclic) bond motifs is 1. The molecule has 2 atom stereocenters. The number of hydrogen-bond donors (Lipinski definition) is 1. The molecule has 0 aliphatic heterocycles. The van der Waals surface area contributed by atoms with Crippen LogP contribution in [0.15, 0.2) is 52.9 Å². The molecule has 0 radical (unpaired) electrons. The SMILES string of the molecule is CCCCC(N[S@@+]([O-])C(C)(C)C)c1ccc(-c2nc3ccccc3o2)cc1. The van der Waals surface area contributed by atoms with Gasteiger partial charge in [0.05, 0.1) is 6.04 Å². The zero-order valence-electron chi connectivity index (χ0n) is 16.5. The first-order chi connectivity index (χ1) is 12.9. The standard InChI is InChI=1S/C22H28N2O2S/c1-5-6-9-18(24-27(25)22(2,3)4)16-12-14-17(15-13-16)21-23-19-10-7-8-11-20(19)26-21/h7-8,10-15,18,24H,5-6,9H2,1-4H3/t18?,27-/m0/s1. The number of rotatable bonds is 7. The van der Waals surface area contributed by atoms with Crippen molar-refractivity contribution in [1.82, 2.24) is 9.71 Å². The van der Waals surface area contributed by atoms with Crippen LogP contribution in [0.25, 0.3) is 22.6 Å². The summed E-state index contributed by atoms with van der Waals surface area (Å²) >= 11 is -1.10. The summed E-state index contributed by atoms with van der Waals surface area (Å²) in [4.78, 5) is 4.56. The third-order valence-corrected chi connectivity index (χ3v) is 6.12. The van der Waals surface area contributed by atoms with E-state index in [4.69, 9.17) is 4.42 Å². The lowest BCUT2D eigenvalue weighted by Gasteiger charge is -2.28. The fraction of sp³-hybridized carbons (Fsp3) is 0.409. The third-order valence-electron chi connectivity index (χ3n) is 4.51. The van der Waals surface area contributed by atoms with Crippen molar-refractivity contribution in [2.75, 3.05) is 0 Å². The topological polar surface area (TPSA) is 61.1 Å². The first kappa shape index (κ1) is 19.9. The monoisotopic (exact) mass is 384 g/mol. The number of oxazole rings is 1. The molecule has 27 heavy (non-hydrogen) atoms. The van der Waals surface area contributed by atoms with Gasteiger partial charge in [-0.2, -0.15) is 0 Å². The summed E-state index contributed by atoms with van der Waals surface area (Å²) in [5.74, 6) is 0.624. The highest BCUT2D eigenvalue weighted by molar-refractivity contribution is 7.90. The Kier molecular flexibility index (Phi) is 6.25. The Hall–Kier alpha value is -1.82. The normalized spacial score (nSPS) is 14.4. The molecule has 1 unspecified atom stereocenters. The fourth-order valence-electron chi connectivity index (χ4n) is 2.86. The molecule has 0 spiro atoms. The van der Waals surface area contributed by atoms with Crippen LogP contribution >= 0.6 is 0 Å². The van der Waals surface area contributed by atoms with Gasteiger partial charge in [-0.1, -0.05) is 44.0 Å². The minimum absolute atomic E-state index is 0.0719. The molecule has 4 nitrogen and oxygen atoms in total. The zero-order chi connectivity index (χ0) is 19.4. The number of nitrogens with zero attached hydrogens (tertiary/aromatic N) is 1. The van der Waals surface area contributed by atoms with Crippen LogP contribution in [0.5, 0.6) is 0 Å². The van der Waals surface area contributed by atoms with Crippen LogP contribution in [-0.4, -0.2) is 14.3 Å². The summed E-state index contributed by atoms with van der Waals surface area (Å²) in [6.45, 7) is 8.14. The van der Waals surface area contributed by atoms with Crippen molar-refractivity contribution in [3.8, 4) is 11.5 Å². The molecular weight excluding hydrogens is 356 g/mol. The smallest absolute Gasteiger partial charge is 0.227 e. The van der Waals surface area contributed by atoms with E-state index in [1.54, 1.807) is 0 Å². The second kappa shape index (κ2) is 8.46. The van der Waals surface area contributed by atoms with Gasteiger partial charge in [0.2, 0.25) is 5.89 Å². The summed E-state index contributed by atoms with van der Waals surface area (Å²) in [5.41, 5.74) is 3.74. The first-order valence-corrected chi connectivity index (χ1v) is 10.7. The van der Waals surface area contributed by atoms with E-state index in [0.717, 1.165) is 41.5 Å². The number of aromatic nitrogens is 1. The number of para-hydroxylation sites is 2. The average Bonchev–Trinajstić information content (AvgIpc) is 3.08. The highest BCUT2D eigenvalue weighted by atomic mass is 32.2. The van der Waals surface area contributed by atoms with Crippen LogP contribution in [0.4, 0.5) is 0 Å². The lowest BCUT2D eigenvalue weighted by molar-refractivity contribution is 0.502. The summed E-state index contributed by atoms with van der Waals surface area (Å²) < 4.78 is 21.5. The molecule has 0 fully saturated rings. The van der Waals surface area contributed by atoms with E-state index in [1.807, 2.05) is 57.2 Å². The predicted molar refractivity (Wildman–Crippen MR) is 113 cm³/mol. The van der Waals surface area contributed by atoms with E-state index in [9.17, 15) is 4.55 Å². The Morgan fingerprint density at radius 1 is 1.11 bits per heavy atom. The number of hydrogen-bond acceptors (Lipinski definition) is 4. The quantitative estimate of drug-likeness (QED) is 0.525. The lowest BCUT2D eigenvalue weighted by Crippen LogP contribution is -2.41. The third kappa shape index (κ3) is 4.92. The molecule has 0 saturated carbocycles. The molecule has 0 aliphatic carbocycles. The molecule has 0 aliphatic rings. The van der Waals surface area contributed by atoms with Crippen LogP contribution in [0.1, 0.15) is 58.6 Å². The van der Waals surface area contributed by atoms with Gasteiger partial charge in [0.1, 0.15) is 10.3 Å². The van der Waals surface area contributed by atoms with Crippen molar-refractivity contribution < 1.29 is 8.97 Å². The minimum atomic E-state index is -1.10. The summed E-state index contributed by atoms with van der Waals surface area (Å²) in [5, 5.41) is 0. The molecule has 0 saturated heterocycles. The highest BCUT2D eigenvalue weighted by Gasteiger charge is 2.29. The number of nitrogens with one attached hydrogen (secondary N) is 1. The molecule has 1 heterocycles. The molecule has 144 valence electrons. The molecular formula is C22H28N2O2S. The van der Waals surface area contributed by atoms with E-state index in [0.29, 0.717) is 5.89 Å². The molecule has 0 bridgehead atoms. The summed E-state index contributed by atoms with van der Waals surface area (Å²) in [7, 11) is 0. The van der Waals surface area contributed by atoms with Gasteiger partial charge < -0.3 is 8.97 Å². The largest absolute Gasteiger partial charge is 0.598 e. The summed E-state index contributed by atoms with van der Waals surface area (Å²) in [6.07, 6.45) is 3.16. The molecule has 5 heteroatoms. The Morgan fingerprint density at radius 3 is 2.44 bits per heavy atom. The van der Waals surface area contributed by atoms with E-state index < -0.39 is 11.4 Å². The maximum Gasteiger partial charge on any atom is 0.227 e. The Morgan fingerprint density at radius 2 is 1.81 bits per heavy atom. The molecule has 3 rings (SSSR count). The van der Waals surface area contributed by atoms with Gasteiger partial charge >= 0.3 is 0 Å². The van der Waals surface area contributed by atoms with Crippen LogP contribution in [0, 0.1) is 0 Å². The Balaban J connectivity index is 1.81. The van der Waals surface area contributed by atoms with Crippen LogP contribution in [0.3, 0.4) is 0 Å². The molecule has 2 aromatic carbocycles. The van der Waals surface area contributed by atoms with Crippen LogP contribution in [-0.2, 0) is 11.4 Å². The Labute approximate surface area is 164 Å². The van der Waals surface area contributed by atoms with E-state index in [-0.39, 0.29) is 10.8 Å². The van der Waals surface area contributed by atoms with Gasteiger partial charge in [-0.25, -0.2) is 4.98 Å². The number of unbranched alkanes of at least 4 members (excludes halogenated alkanes) is 1. The second-order valence-electron chi connectivity index (χ2n) is 7.80. The maximum absolute atomic E-state index is 12.6. The second-order valence-corrected chi connectivity index (χ2v) is 9.80. The van der Waals surface area contributed by atoms with Gasteiger partial charge in [-0.05, 0) is 57.0 Å². The van der Waals surface area contributed by atoms with Gasteiger partial charge in [0.25, 0.3) is 0 Å². The van der Waals surface area contributed by atoms with Crippen molar-refractivity contribution in [3.05, 3.63) is 54.1 Å². The summed E-state index contributed by atoms with van der Waals surface area (Å²) in [6, 6.07) is 16.1. The van der Waals surface area contributed by atoms with E-state index in [2.05, 4.69) is 28.8 Å². The molecule has 1 aromatic heterocycles. The first-order valence-electron chi connectivity index (χ1n) is 9.52. The predicted octanol–water partition coefficient (Wildman–Crippen LogP) is 5.78. The number of benzene rings is 2. The van der Waals surface area contributed by atoms with Crippen molar-refractivity contribution in [2.24, 2.45) is 0 Å². The highest BCUT2D eigenvalue weighted by Crippen LogP contribution is 2.28. The van der Waals surface area contributed by atoms with Gasteiger partial charge in [0.15, 0.2) is 5.58 Å². The fourth-order valence-corrected chi connectivity index (χ4v) is 3.73. The molecule has 0 amide bonds. The minimum Gasteiger partial charge on any atom is -0.598 e. The van der Waals surface area contributed by atoms with Gasteiger partial charge in [-0.3, -0.25) is 0 Å².